The summed E-state index contributed by atoms with van der Waals surface area (Å²) in [6, 6.07) is 6.35. The zero-order valence-corrected chi connectivity index (χ0v) is 14.9. The third-order valence-electron chi connectivity index (χ3n) is 4.06. The largest absolute Gasteiger partial charge is 0.349 e. The van der Waals surface area contributed by atoms with Crippen LogP contribution in [0.25, 0.3) is 0 Å². The third-order valence-corrected chi connectivity index (χ3v) is 4.31. The number of nitrogens with zero attached hydrogens (tertiary/aromatic N) is 1. The number of nitrogens with one attached hydrogen (secondary N) is 1. The quantitative estimate of drug-likeness (QED) is 0.846. The van der Waals surface area contributed by atoms with E-state index in [4.69, 9.17) is 17.3 Å². The molecular formula is C16H23Cl2N3O2. The maximum atomic E-state index is 12.1. The molecule has 0 spiro atoms. The molecule has 128 valence electrons. The first kappa shape index (κ1) is 19.7. The van der Waals surface area contributed by atoms with Gasteiger partial charge >= 0.3 is 0 Å². The molecule has 1 fully saturated rings. The van der Waals surface area contributed by atoms with Crippen LogP contribution in [0.3, 0.4) is 0 Å². The summed E-state index contributed by atoms with van der Waals surface area (Å²) in [6.07, 6.45) is 1.76. The lowest BCUT2D eigenvalue weighted by Crippen LogP contribution is -2.47. The van der Waals surface area contributed by atoms with Crippen molar-refractivity contribution < 1.29 is 9.59 Å². The minimum atomic E-state index is -0.531. The zero-order chi connectivity index (χ0) is 16.3. The molecule has 2 rings (SSSR count). The first-order valence-electron chi connectivity index (χ1n) is 7.51. The van der Waals surface area contributed by atoms with Gasteiger partial charge in [0.2, 0.25) is 11.8 Å². The van der Waals surface area contributed by atoms with E-state index < -0.39 is 6.04 Å². The lowest BCUT2D eigenvalue weighted by atomic mass is 9.99. The summed E-state index contributed by atoms with van der Waals surface area (Å²) in [5.74, 6) is -0.191. The molecule has 0 bridgehead atoms. The van der Waals surface area contributed by atoms with E-state index in [9.17, 15) is 9.59 Å². The highest BCUT2D eigenvalue weighted by Gasteiger charge is 2.39. The van der Waals surface area contributed by atoms with Gasteiger partial charge in [0.25, 0.3) is 0 Å². The molecule has 1 aliphatic heterocycles. The van der Waals surface area contributed by atoms with Gasteiger partial charge in [-0.3, -0.25) is 9.59 Å². The minimum Gasteiger partial charge on any atom is -0.349 e. The summed E-state index contributed by atoms with van der Waals surface area (Å²) in [6.45, 7) is 1.98. The molecule has 23 heavy (non-hydrogen) atoms. The molecule has 1 aromatic carbocycles. The van der Waals surface area contributed by atoms with E-state index >= 15 is 0 Å². The molecule has 3 N–H and O–H groups in total. The number of halogens is 2. The highest BCUT2D eigenvalue weighted by molar-refractivity contribution is 6.30. The Bertz CT molecular complexity index is 551. The van der Waals surface area contributed by atoms with Crippen molar-refractivity contribution in [3.63, 3.8) is 0 Å². The Labute approximate surface area is 148 Å². The van der Waals surface area contributed by atoms with Crippen LogP contribution in [0.4, 0.5) is 0 Å². The topological polar surface area (TPSA) is 75.4 Å². The normalized spacial score (nSPS) is 21.7. The first-order chi connectivity index (χ1) is 10.4. The van der Waals surface area contributed by atoms with Gasteiger partial charge in [0.15, 0.2) is 0 Å². The van der Waals surface area contributed by atoms with Crippen LogP contribution < -0.4 is 11.1 Å². The molecule has 1 aliphatic rings. The zero-order valence-electron chi connectivity index (χ0n) is 13.3. The van der Waals surface area contributed by atoms with E-state index in [2.05, 4.69) is 5.32 Å². The Morgan fingerprint density at radius 3 is 2.61 bits per heavy atom. The SMILES string of the molecule is CCCC(N)C(=O)NC1CC(=O)N(C)C1c1ccc(Cl)cc1.Cl. The molecule has 5 nitrogen and oxygen atoms in total. The molecule has 0 aliphatic carbocycles. The van der Waals surface area contributed by atoms with Gasteiger partial charge in [-0.15, -0.1) is 12.4 Å². The first-order valence-corrected chi connectivity index (χ1v) is 7.89. The van der Waals surface area contributed by atoms with Crippen molar-refractivity contribution in [1.82, 2.24) is 10.2 Å². The van der Waals surface area contributed by atoms with Crippen LogP contribution in [-0.2, 0) is 9.59 Å². The van der Waals surface area contributed by atoms with Crippen LogP contribution in [0.1, 0.15) is 37.8 Å². The van der Waals surface area contributed by atoms with Gasteiger partial charge in [-0.05, 0) is 24.1 Å². The van der Waals surface area contributed by atoms with Gasteiger partial charge in [0.05, 0.1) is 18.1 Å². The molecule has 1 saturated heterocycles. The molecule has 2 amide bonds. The van der Waals surface area contributed by atoms with Crippen molar-refractivity contribution in [2.45, 2.75) is 44.3 Å². The maximum Gasteiger partial charge on any atom is 0.237 e. The summed E-state index contributed by atoms with van der Waals surface area (Å²) in [5.41, 5.74) is 6.80. The summed E-state index contributed by atoms with van der Waals surface area (Å²) in [7, 11) is 1.75. The van der Waals surface area contributed by atoms with Crippen LogP contribution in [0, 0.1) is 0 Å². The van der Waals surface area contributed by atoms with E-state index in [1.807, 2.05) is 19.1 Å². The number of carbonyl (C=O) groups is 2. The van der Waals surface area contributed by atoms with Crippen LogP contribution in [0.15, 0.2) is 24.3 Å². The summed E-state index contributed by atoms with van der Waals surface area (Å²) in [5, 5.41) is 3.57. The number of hydrogen-bond acceptors (Lipinski definition) is 3. The molecule has 0 saturated carbocycles. The van der Waals surface area contributed by atoms with Crippen molar-refractivity contribution >= 4 is 35.8 Å². The summed E-state index contributed by atoms with van der Waals surface area (Å²) < 4.78 is 0. The fraction of sp³-hybridized carbons (Fsp3) is 0.500. The van der Waals surface area contributed by atoms with Crippen molar-refractivity contribution in [1.29, 1.82) is 0 Å². The van der Waals surface area contributed by atoms with Gasteiger partial charge in [-0.25, -0.2) is 0 Å². The molecule has 1 aromatic rings. The van der Waals surface area contributed by atoms with Gasteiger partial charge in [0, 0.05) is 18.5 Å². The van der Waals surface area contributed by atoms with E-state index in [-0.39, 0.29) is 42.7 Å². The number of benzene rings is 1. The van der Waals surface area contributed by atoms with Crippen molar-refractivity contribution in [2.24, 2.45) is 5.73 Å². The Hall–Kier alpha value is -1.30. The standard InChI is InChI=1S/C16H22ClN3O2.ClH/c1-3-4-12(18)16(22)19-13-9-14(21)20(2)15(13)10-5-7-11(17)8-6-10;/h5-8,12-13,15H,3-4,9,18H2,1-2H3,(H,19,22);1H. The second kappa shape index (κ2) is 8.52. The van der Waals surface area contributed by atoms with Crippen LogP contribution in [0.5, 0.6) is 0 Å². The van der Waals surface area contributed by atoms with Gasteiger partial charge < -0.3 is 16.0 Å². The second-order valence-corrected chi connectivity index (χ2v) is 6.15. The Kier molecular flexibility index (Phi) is 7.32. The van der Waals surface area contributed by atoms with E-state index in [1.54, 1.807) is 24.1 Å². The van der Waals surface area contributed by atoms with Gasteiger partial charge in [-0.1, -0.05) is 37.1 Å². The van der Waals surface area contributed by atoms with E-state index in [1.165, 1.54) is 0 Å². The second-order valence-electron chi connectivity index (χ2n) is 5.72. The molecular weight excluding hydrogens is 337 g/mol. The maximum absolute atomic E-state index is 12.1. The van der Waals surface area contributed by atoms with Crippen LogP contribution in [-0.4, -0.2) is 35.8 Å². The summed E-state index contributed by atoms with van der Waals surface area (Å²) in [4.78, 5) is 25.8. The average molecular weight is 360 g/mol. The lowest BCUT2D eigenvalue weighted by molar-refractivity contribution is -0.127. The number of hydrogen-bond donors (Lipinski definition) is 2. The van der Waals surface area contributed by atoms with E-state index in [0.717, 1.165) is 12.0 Å². The minimum absolute atomic E-state index is 0. The fourth-order valence-electron chi connectivity index (χ4n) is 2.85. The summed E-state index contributed by atoms with van der Waals surface area (Å²) >= 11 is 5.91. The van der Waals surface area contributed by atoms with Gasteiger partial charge in [0.1, 0.15) is 0 Å². The Morgan fingerprint density at radius 2 is 2.04 bits per heavy atom. The number of rotatable bonds is 5. The highest BCUT2D eigenvalue weighted by atomic mass is 35.5. The van der Waals surface area contributed by atoms with Crippen LogP contribution >= 0.6 is 24.0 Å². The predicted molar refractivity (Wildman–Crippen MR) is 93.6 cm³/mol. The molecule has 1 heterocycles. The van der Waals surface area contributed by atoms with Gasteiger partial charge in [-0.2, -0.15) is 0 Å². The third kappa shape index (κ3) is 4.59. The fourth-order valence-corrected chi connectivity index (χ4v) is 2.97. The molecule has 0 aromatic heterocycles. The average Bonchev–Trinajstić information content (AvgIpc) is 2.75. The van der Waals surface area contributed by atoms with Crippen molar-refractivity contribution in [2.75, 3.05) is 7.05 Å². The highest BCUT2D eigenvalue weighted by Crippen LogP contribution is 2.32. The van der Waals surface area contributed by atoms with Crippen LogP contribution in [0.2, 0.25) is 5.02 Å². The predicted octanol–water partition coefficient (Wildman–Crippen LogP) is 2.28. The number of carbonyl (C=O) groups excluding carboxylic acids is 2. The number of likely N-dealkylation sites (N-methyl/N-ethyl adjacent to an activating group) is 1. The van der Waals surface area contributed by atoms with Crippen molar-refractivity contribution in [3.8, 4) is 0 Å². The lowest BCUT2D eigenvalue weighted by Gasteiger charge is -2.27. The number of likely N-dealkylation sites (tertiary alicyclic amines) is 1. The smallest absolute Gasteiger partial charge is 0.237 e. The molecule has 3 unspecified atom stereocenters. The molecule has 3 atom stereocenters. The Balaban J connectivity index is 0.00000264. The molecule has 7 heteroatoms. The number of nitrogens with two attached hydrogens (primary N) is 1. The monoisotopic (exact) mass is 359 g/mol. The molecule has 0 radical (unpaired) electrons. The number of amides is 2. The Morgan fingerprint density at radius 1 is 1.43 bits per heavy atom. The van der Waals surface area contributed by atoms with E-state index in [0.29, 0.717) is 11.4 Å². The van der Waals surface area contributed by atoms with Crippen molar-refractivity contribution in [3.05, 3.63) is 34.9 Å².